The van der Waals surface area contributed by atoms with Crippen LogP contribution in [-0.2, 0) is 26.4 Å². The first-order chi connectivity index (χ1) is 14.1. The van der Waals surface area contributed by atoms with E-state index in [0.29, 0.717) is 23.2 Å². The quantitative estimate of drug-likeness (QED) is 0.566. The molecule has 3 rings (SSSR count). The van der Waals surface area contributed by atoms with Crippen molar-refractivity contribution in [2.45, 2.75) is 52.9 Å². The topological polar surface area (TPSA) is 84.9 Å². The molecule has 1 amide bonds. The van der Waals surface area contributed by atoms with E-state index < -0.39 is 24.7 Å². The van der Waals surface area contributed by atoms with Crippen LogP contribution in [0.1, 0.15) is 54.7 Å². The first kappa shape index (κ1) is 22.1. The van der Waals surface area contributed by atoms with Crippen LogP contribution in [0.3, 0.4) is 0 Å². The van der Waals surface area contributed by atoms with Crippen LogP contribution >= 0.6 is 0 Å². The molecule has 1 unspecified atom stereocenters. The average molecular weight is 409 g/mol. The molecule has 2 aromatic carbocycles. The number of hydrogen-bond donors (Lipinski definition) is 2. The summed E-state index contributed by atoms with van der Waals surface area (Å²) in [5.41, 5.74) is 2.57. The van der Waals surface area contributed by atoms with Crippen molar-refractivity contribution in [3.8, 4) is 0 Å². The molecule has 6 nitrogen and oxygen atoms in total. The molecule has 0 radical (unpaired) electrons. The van der Waals surface area contributed by atoms with E-state index in [0.717, 1.165) is 11.1 Å². The molecule has 1 atom stereocenters. The molecule has 0 aromatic heterocycles. The summed E-state index contributed by atoms with van der Waals surface area (Å²) in [6.45, 7) is 9.45. The molecule has 0 bridgehead atoms. The SMILES string of the molecule is Cc1c(C(=O)NC(C(=O)OC(C)(C)c2ccccc2)C(C)C)ccc2c1B(O)OC2. The Labute approximate surface area is 177 Å². The first-order valence-corrected chi connectivity index (χ1v) is 10.1. The summed E-state index contributed by atoms with van der Waals surface area (Å²) < 4.78 is 11.0. The lowest BCUT2D eigenvalue weighted by Crippen LogP contribution is -2.47. The highest BCUT2D eigenvalue weighted by Crippen LogP contribution is 2.26. The predicted molar refractivity (Wildman–Crippen MR) is 115 cm³/mol. The second kappa shape index (κ2) is 8.62. The van der Waals surface area contributed by atoms with E-state index >= 15 is 0 Å². The lowest BCUT2D eigenvalue weighted by Gasteiger charge is -2.30. The number of esters is 1. The van der Waals surface area contributed by atoms with Gasteiger partial charge < -0.3 is 19.7 Å². The number of benzene rings is 2. The normalized spacial score (nSPS) is 14.4. The van der Waals surface area contributed by atoms with Crippen LogP contribution in [-0.4, -0.2) is 30.1 Å². The third-order valence-corrected chi connectivity index (χ3v) is 5.53. The van der Waals surface area contributed by atoms with Crippen LogP contribution in [0.2, 0.25) is 0 Å². The summed E-state index contributed by atoms with van der Waals surface area (Å²) in [6, 6.07) is 12.1. The van der Waals surface area contributed by atoms with Gasteiger partial charge >= 0.3 is 13.1 Å². The highest BCUT2D eigenvalue weighted by atomic mass is 16.6. The molecule has 158 valence electrons. The van der Waals surface area contributed by atoms with E-state index in [1.165, 1.54) is 0 Å². The maximum Gasteiger partial charge on any atom is 0.492 e. The fourth-order valence-corrected chi connectivity index (χ4v) is 3.68. The Kier molecular flexibility index (Phi) is 6.34. The van der Waals surface area contributed by atoms with Gasteiger partial charge in [0.25, 0.3) is 5.91 Å². The van der Waals surface area contributed by atoms with Crippen molar-refractivity contribution in [3.63, 3.8) is 0 Å². The standard InChI is InChI=1S/C23H28BNO5/c1-14(2)20(22(27)30-23(4,5)17-9-7-6-8-10-17)25-21(26)18-12-11-16-13-29-24(28)19(16)15(18)3/h6-12,14,20,28H,13H2,1-5H3,(H,25,26). The molecule has 0 saturated carbocycles. The van der Waals surface area contributed by atoms with Crippen molar-refractivity contribution in [3.05, 3.63) is 64.7 Å². The van der Waals surface area contributed by atoms with E-state index in [-0.39, 0.29) is 11.8 Å². The van der Waals surface area contributed by atoms with Crippen LogP contribution in [0, 0.1) is 12.8 Å². The second-order valence-electron chi connectivity index (χ2n) is 8.47. The van der Waals surface area contributed by atoms with Gasteiger partial charge in [-0.3, -0.25) is 4.79 Å². The van der Waals surface area contributed by atoms with E-state index in [1.807, 2.05) is 58.0 Å². The third kappa shape index (κ3) is 4.42. The zero-order valence-electron chi connectivity index (χ0n) is 18.1. The molecule has 0 saturated heterocycles. The van der Waals surface area contributed by atoms with Crippen molar-refractivity contribution in [1.29, 1.82) is 0 Å². The van der Waals surface area contributed by atoms with Gasteiger partial charge in [-0.05, 0) is 54.9 Å². The molecule has 30 heavy (non-hydrogen) atoms. The Morgan fingerprint density at radius 2 is 1.83 bits per heavy atom. The maximum atomic E-state index is 13.0. The smallest absolute Gasteiger partial charge is 0.453 e. The Hall–Kier alpha value is -2.64. The number of rotatable bonds is 6. The van der Waals surface area contributed by atoms with Gasteiger partial charge in [0.15, 0.2) is 0 Å². The van der Waals surface area contributed by atoms with E-state index in [2.05, 4.69) is 5.32 Å². The summed E-state index contributed by atoms with van der Waals surface area (Å²) in [4.78, 5) is 26.0. The number of hydrogen-bond acceptors (Lipinski definition) is 5. The Morgan fingerprint density at radius 3 is 2.47 bits per heavy atom. The minimum absolute atomic E-state index is 0.170. The van der Waals surface area contributed by atoms with Gasteiger partial charge in [0.2, 0.25) is 0 Å². The number of nitrogens with one attached hydrogen (secondary N) is 1. The van der Waals surface area contributed by atoms with Crippen LogP contribution < -0.4 is 10.8 Å². The van der Waals surface area contributed by atoms with E-state index in [1.54, 1.807) is 19.1 Å². The summed E-state index contributed by atoms with van der Waals surface area (Å²) in [5, 5.41) is 12.9. The molecule has 1 aliphatic heterocycles. The molecular weight excluding hydrogens is 381 g/mol. The zero-order valence-corrected chi connectivity index (χ0v) is 18.1. The highest BCUT2D eigenvalue weighted by molar-refractivity contribution is 6.62. The summed E-state index contributed by atoms with van der Waals surface area (Å²) in [5.74, 6) is -1.05. The van der Waals surface area contributed by atoms with Crippen LogP contribution in [0.15, 0.2) is 42.5 Å². The molecule has 2 N–H and O–H groups in total. The number of fused-ring (bicyclic) bond motifs is 1. The van der Waals surface area contributed by atoms with Gasteiger partial charge in [-0.25, -0.2) is 4.79 Å². The monoisotopic (exact) mass is 409 g/mol. The zero-order chi connectivity index (χ0) is 22.1. The molecule has 1 aliphatic rings. The van der Waals surface area contributed by atoms with Crippen LogP contribution in [0.4, 0.5) is 0 Å². The fourth-order valence-electron chi connectivity index (χ4n) is 3.68. The van der Waals surface area contributed by atoms with Gasteiger partial charge in [0.05, 0.1) is 6.61 Å². The Morgan fingerprint density at radius 1 is 1.17 bits per heavy atom. The lowest BCUT2D eigenvalue weighted by atomic mass is 9.75. The van der Waals surface area contributed by atoms with Crippen molar-refractivity contribution >= 4 is 24.5 Å². The molecule has 0 aliphatic carbocycles. The van der Waals surface area contributed by atoms with E-state index in [9.17, 15) is 14.6 Å². The van der Waals surface area contributed by atoms with Crippen molar-refractivity contribution in [1.82, 2.24) is 5.32 Å². The molecule has 0 fully saturated rings. The second-order valence-corrected chi connectivity index (χ2v) is 8.47. The Bertz CT molecular complexity index is 942. The largest absolute Gasteiger partial charge is 0.492 e. The number of carbonyl (C=O) groups is 2. The van der Waals surface area contributed by atoms with Crippen molar-refractivity contribution in [2.75, 3.05) is 0 Å². The Balaban J connectivity index is 1.78. The molecule has 7 heteroatoms. The maximum absolute atomic E-state index is 13.0. The van der Waals surface area contributed by atoms with Gasteiger partial charge in [-0.2, -0.15) is 0 Å². The van der Waals surface area contributed by atoms with Crippen molar-refractivity contribution in [2.24, 2.45) is 5.92 Å². The first-order valence-electron chi connectivity index (χ1n) is 10.1. The summed E-state index contributed by atoms with van der Waals surface area (Å²) >= 11 is 0. The minimum atomic E-state index is -1.04. The number of amides is 1. The molecule has 1 heterocycles. The van der Waals surface area contributed by atoms with Gasteiger partial charge in [-0.15, -0.1) is 0 Å². The van der Waals surface area contributed by atoms with Gasteiger partial charge in [0.1, 0.15) is 11.6 Å². The number of carbonyl (C=O) groups excluding carboxylic acids is 2. The number of ether oxygens (including phenoxy) is 1. The highest BCUT2D eigenvalue weighted by Gasteiger charge is 2.34. The molecule has 0 spiro atoms. The van der Waals surface area contributed by atoms with Gasteiger partial charge in [-0.1, -0.05) is 50.2 Å². The lowest BCUT2D eigenvalue weighted by molar-refractivity contribution is -0.161. The van der Waals surface area contributed by atoms with Crippen molar-refractivity contribution < 1.29 is 24.0 Å². The van der Waals surface area contributed by atoms with Crippen LogP contribution in [0.5, 0.6) is 0 Å². The van der Waals surface area contributed by atoms with Crippen LogP contribution in [0.25, 0.3) is 0 Å². The minimum Gasteiger partial charge on any atom is -0.453 e. The van der Waals surface area contributed by atoms with Gasteiger partial charge in [0, 0.05) is 5.56 Å². The van der Waals surface area contributed by atoms with E-state index in [4.69, 9.17) is 9.39 Å². The summed E-state index contributed by atoms with van der Waals surface area (Å²) in [7, 11) is -1.04. The third-order valence-electron chi connectivity index (χ3n) is 5.53. The summed E-state index contributed by atoms with van der Waals surface area (Å²) in [6.07, 6.45) is 0. The average Bonchev–Trinajstić information content (AvgIpc) is 3.08. The molecule has 2 aromatic rings. The fraction of sp³-hybridized carbons (Fsp3) is 0.391. The molecular formula is C23H28BNO5. The predicted octanol–water partition coefficient (Wildman–Crippen LogP) is 2.45.